The molecule has 1 aliphatic rings. The van der Waals surface area contributed by atoms with Crippen LogP contribution in [0.15, 0.2) is 17.9 Å². The van der Waals surface area contributed by atoms with Crippen molar-refractivity contribution in [3.05, 3.63) is 34.2 Å². The quantitative estimate of drug-likeness (QED) is 0.880. The molecule has 0 spiro atoms. The number of nitrogens with zero attached hydrogens (tertiary/aromatic N) is 5. The summed E-state index contributed by atoms with van der Waals surface area (Å²) in [6, 6.07) is 0. The van der Waals surface area contributed by atoms with E-state index in [4.69, 9.17) is 5.11 Å². The number of aliphatic carboxylic acids is 1. The Hall–Kier alpha value is -2.06. The van der Waals surface area contributed by atoms with E-state index in [0.717, 1.165) is 49.2 Å². The van der Waals surface area contributed by atoms with Gasteiger partial charge in [0.25, 0.3) is 0 Å². The van der Waals surface area contributed by atoms with E-state index in [9.17, 15) is 4.79 Å². The number of hydrogen-bond acceptors (Lipinski definition) is 7. The van der Waals surface area contributed by atoms with Crippen LogP contribution in [-0.4, -0.2) is 57.1 Å². The number of rotatable bonds is 5. The summed E-state index contributed by atoms with van der Waals surface area (Å²) in [5, 5.41) is 12.2. The molecule has 8 heteroatoms. The molecule has 0 radical (unpaired) electrons. The minimum atomic E-state index is -0.862. The van der Waals surface area contributed by atoms with E-state index in [2.05, 4.69) is 30.1 Å². The molecule has 3 rings (SSSR count). The Labute approximate surface area is 138 Å². The fourth-order valence-corrected chi connectivity index (χ4v) is 3.36. The monoisotopic (exact) mass is 333 g/mol. The van der Waals surface area contributed by atoms with Crippen LogP contribution in [0.25, 0.3) is 0 Å². The fourth-order valence-electron chi connectivity index (χ4n) is 2.75. The van der Waals surface area contributed by atoms with Gasteiger partial charge in [0.15, 0.2) is 0 Å². The van der Waals surface area contributed by atoms with Crippen LogP contribution in [0.3, 0.4) is 0 Å². The van der Waals surface area contributed by atoms with Crippen molar-refractivity contribution < 1.29 is 9.90 Å². The molecule has 1 aliphatic heterocycles. The van der Waals surface area contributed by atoms with Crippen LogP contribution >= 0.6 is 11.3 Å². The minimum Gasteiger partial charge on any atom is -0.481 e. The van der Waals surface area contributed by atoms with Gasteiger partial charge in [-0.1, -0.05) is 0 Å². The molecule has 2 aromatic heterocycles. The van der Waals surface area contributed by atoms with Crippen molar-refractivity contribution in [2.75, 3.05) is 31.1 Å². The van der Waals surface area contributed by atoms with Crippen molar-refractivity contribution in [1.82, 2.24) is 19.9 Å². The van der Waals surface area contributed by atoms with Gasteiger partial charge in [0, 0.05) is 49.9 Å². The number of thiazole rings is 1. The Morgan fingerprint density at radius 2 is 2.13 bits per heavy atom. The lowest BCUT2D eigenvalue weighted by atomic mass is 10.2. The molecule has 0 unspecified atom stereocenters. The Balaban J connectivity index is 1.61. The molecule has 2 aromatic rings. The molecule has 0 aliphatic carbocycles. The molecule has 0 atom stereocenters. The highest BCUT2D eigenvalue weighted by molar-refractivity contribution is 7.09. The van der Waals surface area contributed by atoms with E-state index in [1.54, 1.807) is 17.5 Å². The zero-order valence-corrected chi connectivity index (χ0v) is 13.8. The molecule has 23 heavy (non-hydrogen) atoms. The van der Waals surface area contributed by atoms with Gasteiger partial charge in [-0.05, 0) is 6.92 Å². The maximum atomic E-state index is 11.0. The molecule has 3 heterocycles. The maximum absolute atomic E-state index is 11.0. The van der Waals surface area contributed by atoms with Crippen LogP contribution in [0.5, 0.6) is 0 Å². The smallest absolute Gasteiger partial charge is 0.308 e. The molecule has 0 amide bonds. The molecule has 1 N–H and O–H groups in total. The Morgan fingerprint density at radius 1 is 1.35 bits per heavy atom. The van der Waals surface area contributed by atoms with Crippen LogP contribution in [0.1, 0.15) is 16.3 Å². The molecular formula is C15H19N5O2S. The standard InChI is InChI=1S/C15H19N5O2S/c1-11-18-13(9-23-11)8-19-2-4-20(5-3-19)15-12(6-14(21)22)7-16-10-17-15/h7,9-10H,2-6,8H2,1H3,(H,21,22). The van der Waals surface area contributed by atoms with Gasteiger partial charge >= 0.3 is 5.97 Å². The lowest BCUT2D eigenvalue weighted by Gasteiger charge is -2.35. The molecule has 122 valence electrons. The number of piperazine rings is 1. The van der Waals surface area contributed by atoms with Gasteiger partial charge in [-0.15, -0.1) is 11.3 Å². The lowest BCUT2D eigenvalue weighted by molar-refractivity contribution is -0.136. The first-order valence-electron chi connectivity index (χ1n) is 7.51. The average molecular weight is 333 g/mol. The molecular weight excluding hydrogens is 314 g/mol. The van der Waals surface area contributed by atoms with Crippen molar-refractivity contribution in [2.45, 2.75) is 19.9 Å². The summed E-state index contributed by atoms with van der Waals surface area (Å²) in [5.41, 5.74) is 1.79. The highest BCUT2D eigenvalue weighted by Gasteiger charge is 2.21. The van der Waals surface area contributed by atoms with Gasteiger partial charge in [-0.3, -0.25) is 9.69 Å². The topological polar surface area (TPSA) is 82.5 Å². The van der Waals surface area contributed by atoms with Crippen LogP contribution < -0.4 is 4.90 Å². The maximum Gasteiger partial charge on any atom is 0.308 e. The molecule has 1 saturated heterocycles. The van der Waals surface area contributed by atoms with Crippen LogP contribution in [0.4, 0.5) is 5.82 Å². The second kappa shape index (κ2) is 7.01. The number of anilines is 1. The van der Waals surface area contributed by atoms with E-state index in [0.29, 0.717) is 5.56 Å². The number of aryl methyl sites for hydroxylation is 1. The van der Waals surface area contributed by atoms with Crippen molar-refractivity contribution in [2.24, 2.45) is 0 Å². The summed E-state index contributed by atoms with van der Waals surface area (Å²) in [7, 11) is 0. The van der Waals surface area contributed by atoms with Gasteiger partial charge in [-0.2, -0.15) is 0 Å². The number of carboxylic acid groups (broad SMARTS) is 1. The van der Waals surface area contributed by atoms with E-state index in [1.807, 2.05) is 6.92 Å². The van der Waals surface area contributed by atoms with Crippen molar-refractivity contribution in [3.8, 4) is 0 Å². The zero-order valence-electron chi connectivity index (χ0n) is 13.0. The van der Waals surface area contributed by atoms with E-state index < -0.39 is 5.97 Å². The van der Waals surface area contributed by atoms with Crippen LogP contribution in [0, 0.1) is 6.92 Å². The molecule has 0 bridgehead atoms. The Kier molecular flexibility index (Phi) is 4.82. The summed E-state index contributed by atoms with van der Waals surface area (Å²) in [6.45, 7) is 6.36. The van der Waals surface area contributed by atoms with Gasteiger partial charge in [-0.25, -0.2) is 15.0 Å². The first-order chi connectivity index (χ1) is 11.1. The van der Waals surface area contributed by atoms with Crippen molar-refractivity contribution in [3.63, 3.8) is 0 Å². The number of carbonyl (C=O) groups is 1. The normalized spacial score (nSPS) is 15.8. The van der Waals surface area contributed by atoms with Gasteiger partial charge < -0.3 is 10.0 Å². The molecule has 1 fully saturated rings. The Morgan fingerprint density at radius 3 is 2.78 bits per heavy atom. The summed E-state index contributed by atoms with van der Waals surface area (Å²) >= 11 is 1.68. The van der Waals surface area contributed by atoms with Gasteiger partial charge in [0.1, 0.15) is 12.1 Å². The number of carboxylic acids is 1. The number of aromatic nitrogens is 3. The molecule has 7 nitrogen and oxygen atoms in total. The Bertz CT molecular complexity index is 682. The predicted octanol–water partition coefficient (Wildman–Crippen LogP) is 1.19. The average Bonchev–Trinajstić information content (AvgIpc) is 2.93. The lowest BCUT2D eigenvalue weighted by Crippen LogP contribution is -2.46. The summed E-state index contributed by atoms with van der Waals surface area (Å²) in [5.74, 6) is -0.120. The summed E-state index contributed by atoms with van der Waals surface area (Å²) in [6.07, 6.45) is 3.03. The second-order valence-electron chi connectivity index (χ2n) is 5.56. The van der Waals surface area contributed by atoms with E-state index in [1.165, 1.54) is 6.33 Å². The first-order valence-corrected chi connectivity index (χ1v) is 8.39. The fraction of sp³-hybridized carbons (Fsp3) is 0.467. The van der Waals surface area contributed by atoms with E-state index in [-0.39, 0.29) is 6.42 Å². The van der Waals surface area contributed by atoms with Gasteiger partial charge in [0.2, 0.25) is 0 Å². The molecule has 0 saturated carbocycles. The molecule has 0 aromatic carbocycles. The SMILES string of the molecule is Cc1nc(CN2CCN(c3ncncc3CC(=O)O)CC2)cs1. The van der Waals surface area contributed by atoms with Gasteiger partial charge in [0.05, 0.1) is 17.1 Å². The third-order valence-corrected chi connectivity index (χ3v) is 4.65. The van der Waals surface area contributed by atoms with E-state index >= 15 is 0 Å². The minimum absolute atomic E-state index is 0.0471. The first kappa shape index (κ1) is 15.8. The highest BCUT2D eigenvalue weighted by Crippen LogP contribution is 2.19. The third kappa shape index (κ3) is 4.02. The van der Waals surface area contributed by atoms with Crippen LogP contribution in [-0.2, 0) is 17.8 Å². The van der Waals surface area contributed by atoms with Crippen molar-refractivity contribution in [1.29, 1.82) is 0 Å². The third-order valence-electron chi connectivity index (χ3n) is 3.83. The summed E-state index contributed by atoms with van der Waals surface area (Å²) < 4.78 is 0. The van der Waals surface area contributed by atoms with Crippen molar-refractivity contribution >= 4 is 23.1 Å². The second-order valence-corrected chi connectivity index (χ2v) is 6.63. The highest BCUT2D eigenvalue weighted by atomic mass is 32.1. The largest absolute Gasteiger partial charge is 0.481 e. The van der Waals surface area contributed by atoms with Crippen LogP contribution in [0.2, 0.25) is 0 Å². The number of hydrogen-bond donors (Lipinski definition) is 1. The summed E-state index contributed by atoms with van der Waals surface area (Å²) in [4.78, 5) is 28.2. The predicted molar refractivity (Wildman–Crippen MR) is 87.7 cm³/mol. The zero-order chi connectivity index (χ0) is 16.2.